The van der Waals surface area contributed by atoms with Gasteiger partial charge in [0, 0.05) is 0 Å². The van der Waals surface area contributed by atoms with Crippen molar-refractivity contribution in [1.29, 1.82) is 0 Å². The predicted octanol–water partition coefficient (Wildman–Crippen LogP) is 3.36. The highest BCUT2D eigenvalue weighted by Crippen LogP contribution is 2.50. The van der Waals surface area contributed by atoms with Gasteiger partial charge >= 0.3 is 0 Å². The van der Waals surface area contributed by atoms with Crippen molar-refractivity contribution in [3.63, 3.8) is 0 Å². The fraction of sp³-hybridized carbons (Fsp3) is 0.692. The molecule has 0 aliphatic heterocycles. The maximum absolute atomic E-state index is 3.57. The highest BCUT2D eigenvalue weighted by molar-refractivity contribution is 5.15. The zero-order valence-corrected chi connectivity index (χ0v) is 8.08. The molecule has 0 heterocycles. The third-order valence-electron chi connectivity index (χ3n) is 4.21. The summed E-state index contributed by atoms with van der Waals surface area (Å²) in [5.41, 5.74) is 0. The number of hydrogen-bond donors (Lipinski definition) is 0. The maximum Gasteiger partial charge on any atom is -0.00650 e. The second kappa shape index (κ2) is 3.01. The van der Waals surface area contributed by atoms with E-state index in [1.807, 2.05) is 0 Å². The highest BCUT2D eigenvalue weighted by atomic mass is 14.5. The van der Waals surface area contributed by atoms with Crippen molar-refractivity contribution < 1.29 is 0 Å². The fourth-order valence-electron chi connectivity index (χ4n) is 3.63. The molecule has 0 aromatic rings. The van der Waals surface area contributed by atoms with Crippen LogP contribution in [-0.4, -0.2) is 0 Å². The molecule has 0 aromatic carbocycles. The van der Waals surface area contributed by atoms with E-state index in [4.69, 9.17) is 0 Å². The topological polar surface area (TPSA) is 0 Å². The quantitative estimate of drug-likeness (QED) is 0.527. The van der Waals surface area contributed by atoms with Crippen LogP contribution in [0.3, 0.4) is 0 Å². The molecule has 0 heteroatoms. The standard InChI is InChI=1S/C13H17/c1-3-7-12-10(5-1)9-11-6-2-4-8-13(11)12/h1,3,5,10-13H,2,4,6,8-9H2. The van der Waals surface area contributed by atoms with Gasteiger partial charge in [-0.3, -0.25) is 0 Å². The molecule has 0 N–H and O–H groups in total. The minimum atomic E-state index is 0.787. The van der Waals surface area contributed by atoms with E-state index in [9.17, 15) is 0 Å². The Labute approximate surface area is 80.7 Å². The summed E-state index contributed by atoms with van der Waals surface area (Å²) in [6.45, 7) is 0. The van der Waals surface area contributed by atoms with E-state index in [1.165, 1.54) is 32.1 Å². The number of hydrogen-bond acceptors (Lipinski definition) is 0. The smallest absolute Gasteiger partial charge is 0.00650 e. The van der Waals surface area contributed by atoms with Crippen LogP contribution in [0.5, 0.6) is 0 Å². The Morgan fingerprint density at radius 1 is 1.15 bits per heavy atom. The lowest BCUT2D eigenvalue weighted by Gasteiger charge is -2.28. The molecule has 3 aliphatic carbocycles. The Bertz CT molecular complexity index is 249. The fourth-order valence-corrected chi connectivity index (χ4v) is 3.63. The summed E-state index contributed by atoms with van der Waals surface area (Å²) in [4.78, 5) is 0. The van der Waals surface area contributed by atoms with Crippen LogP contribution in [0, 0.1) is 29.7 Å². The minimum absolute atomic E-state index is 0.787. The molecule has 2 fully saturated rings. The van der Waals surface area contributed by atoms with Crippen LogP contribution in [0.25, 0.3) is 0 Å². The zero-order valence-electron chi connectivity index (χ0n) is 8.08. The maximum atomic E-state index is 3.57. The first-order chi connectivity index (χ1) is 6.45. The van der Waals surface area contributed by atoms with Gasteiger partial charge in [-0.15, -0.1) is 0 Å². The van der Waals surface area contributed by atoms with E-state index in [0.29, 0.717) is 0 Å². The molecule has 13 heavy (non-hydrogen) atoms. The Hall–Kier alpha value is -0.520. The van der Waals surface area contributed by atoms with Crippen LogP contribution in [0.1, 0.15) is 32.1 Å². The molecule has 1 radical (unpaired) electrons. The molecule has 4 unspecified atom stereocenters. The van der Waals surface area contributed by atoms with Crippen molar-refractivity contribution in [2.75, 3.05) is 0 Å². The van der Waals surface area contributed by atoms with E-state index < -0.39 is 0 Å². The molecular formula is C13H17. The van der Waals surface area contributed by atoms with Crippen molar-refractivity contribution in [3.05, 3.63) is 24.3 Å². The highest BCUT2D eigenvalue weighted by Gasteiger charge is 2.42. The van der Waals surface area contributed by atoms with Crippen LogP contribution in [0.15, 0.2) is 18.2 Å². The minimum Gasteiger partial charge on any atom is -0.0808 e. The molecule has 0 saturated heterocycles. The van der Waals surface area contributed by atoms with Gasteiger partial charge in [-0.2, -0.15) is 0 Å². The normalized spacial score (nSPS) is 47.4. The lowest BCUT2D eigenvalue weighted by molar-refractivity contribution is 0.245. The number of fused-ring (bicyclic) bond motifs is 3. The van der Waals surface area contributed by atoms with Crippen molar-refractivity contribution in [1.82, 2.24) is 0 Å². The van der Waals surface area contributed by atoms with Gasteiger partial charge in [0.15, 0.2) is 0 Å². The van der Waals surface area contributed by atoms with Crippen LogP contribution in [0.4, 0.5) is 0 Å². The number of allylic oxidation sites excluding steroid dienone is 4. The molecule has 0 nitrogen and oxygen atoms in total. The Balaban J connectivity index is 1.85. The average molecular weight is 173 g/mol. The summed E-state index contributed by atoms with van der Waals surface area (Å²) in [5.74, 6) is 3.65. The van der Waals surface area contributed by atoms with Gasteiger partial charge in [0.1, 0.15) is 0 Å². The summed E-state index contributed by atoms with van der Waals surface area (Å²) < 4.78 is 0. The Kier molecular flexibility index (Phi) is 1.81. The molecule has 0 bridgehead atoms. The summed E-state index contributed by atoms with van der Waals surface area (Å²) in [6.07, 6.45) is 17.7. The molecule has 0 aromatic heterocycles. The van der Waals surface area contributed by atoms with Gasteiger partial charge in [-0.05, 0) is 42.6 Å². The Morgan fingerprint density at radius 2 is 2.08 bits per heavy atom. The van der Waals surface area contributed by atoms with E-state index in [-0.39, 0.29) is 0 Å². The van der Waals surface area contributed by atoms with Crippen LogP contribution >= 0.6 is 0 Å². The van der Waals surface area contributed by atoms with Gasteiger partial charge in [0.2, 0.25) is 0 Å². The van der Waals surface area contributed by atoms with Crippen molar-refractivity contribution in [2.24, 2.45) is 23.7 Å². The second-order valence-electron chi connectivity index (χ2n) is 4.85. The van der Waals surface area contributed by atoms with Crippen molar-refractivity contribution in [2.45, 2.75) is 32.1 Å². The van der Waals surface area contributed by atoms with Gasteiger partial charge in [-0.25, -0.2) is 0 Å². The SMILES string of the molecule is [C]1=CC=CC2CC3CCCCC3C12. The first-order valence-electron chi connectivity index (χ1n) is 5.71. The van der Waals surface area contributed by atoms with Gasteiger partial charge in [0.25, 0.3) is 0 Å². The first-order valence-corrected chi connectivity index (χ1v) is 5.71. The molecule has 3 aliphatic rings. The summed E-state index contributed by atoms with van der Waals surface area (Å²) in [6, 6.07) is 0. The summed E-state index contributed by atoms with van der Waals surface area (Å²) >= 11 is 0. The van der Waals surface area contributed by atoms with Crippen LogP contribution in [-0.2, 0) is 0 Å². The molecule has 2 saturated carbocycles. The second-order valence-corrected chi connectivity index (χ2v) is 4.85. The lowest BCUT2D eigenvalue weighted by atomic mass is 9.77. The molecule has 69 valence electrons. The first kappa shape index (κ1) is 7.84. The third kappa shape index (κ3) is 1.19. The number of rotatable bonds is 0. The monoisotopic (exact) mass is 173 g/mol. The van der Waals surface area contributed by atoms with Crippen molar-refractivity contribution >= 4 is 0 Å². The van der Waals surface area contributed by atoms with E-state index in [2.05, 4.69) is 24.3 Å². The van der Waals surface area contributed by atoms with Crippen molar-refractivity contribution in [3.8, 4) is 0 Å². The van der Waals surface area contributed by atoms with Crippen LogP contribution in [0.2, 0.25) is 0 Å². The lowest BCUT2D eigenvalue weighted by Crippen LogP contribution is -2.19. The molecular weight excluding hydrogens is 156 g/mol. The predicted molar refractivity (Wildman–Crippen MR) is 54.0 cm³/mol. The van der Waals surface area contributed by atoms with Crippen LogP contribution < -0.4 is 0 Å². The largest absolute Gasteiger partial charge is 0.0808 e. The van der Waals surface area contributed by atoms with E-state index in [0.717, 1.165) is 23.7 Å². The third-order valence-corrected chi connectivity index (χ3v) is 4.21. The van der Waals surface area contributed by atoms with Gasteiger partial charge in [0.05, 0.1) is 0 Å². The summed E-state index contributed by atoms with van der Waals surface area (Å²) in [5, 5.41) is 0. The molecule has 0 spiro atoms. The van der Waals surface area contributed by atoms with Gasteiger partial charge < -0.3 is 0 Å². The zero-order chi connectivity index (χ0) is 8.67. The molecule has 0 amide bonds. The summed E-state index contributed by atoms with van der Waals surface area (Å²) in [7, 11) is 0. The Morgan fingerprint density at radius 3 is 3.08 bits per heavy atom. The molecule has 3 rings (SSSR count). The average Bonchev–Trinajstić information content (AvgIpc) is 2.56. The molecule has 4 atom stereocenters. The van der Waals surface area contributed by atoms with E-state index in [1.54, 1.807) is 0 Å². The van der Waals surface area contributed by atoms with E-state index >= 15 is 0 Å². The van der Waals surface area contributed by atoms with Gasteiger partial charge in [-0.1, -0.05) is 37.5 Å².